The highest BCUT2D eigenvalue weighted by Crippen LogP contribution is 2.42. The van der Waals surface area contributed by atoms with Crippen LogP contribution in [0.25, 0.3) is 0 Å². The molecule has 2 aliphatic rings. The van der Waals surface area contributed by atoms with E-state index in [9.17, 15) is 4.79 Å². The molecule has 1 saturated carbocycles. The standard InChI is InChI=1S/C23H31N3O2/c1-2-28-23(27)10-13-26-16-20(9-12-25-14-11-24-17-25)21-15-19(7-8-22(21)26)18-5-3-4-6-18/h7-8,11,14-15,17-18,20H,2-6,9-10,12-13,16H2,1H3. The van der Waals surface area contributed by atoms with E-state index in [1.54, 1.807) is 0 Å². The summed E-state index contributed by atoms with van der Waals surface area (Å²) < 4.78 is 7.28. The van der Waals surface area contributed by atoms with Gasteiger partial charge in [-0.25, -0.2) is 4.98 Å². The molecule has 1 aromatic carbocycles. The first-order chi connectivity index (χ1) is 13.7. The zero-order chi connectivity index (χ0) is 19.3. The Hall–Kier alpha value is -2.30. The molecule has 1 aliphatic carbocycles. The average molecular weight is 382 g/mol. The SMILES string of the molecule is CCOC(=O)CCN1CC(CCn2ccnc2)c2cc(C3CCCC3)ccc21. The molecule has 0 amide bonds. The molecule has 150 valence electrons. The minimum absolute atomic E-state index is 0.103. The number of rotatable bonds is 8. The lowest BCUT2D eigenvalue weighted by molar-refractivity contribution is -0.142. The summed E-state index contributed by atoms with van der Waals surface area (Å²) in [5.41, 5.74) is 4.28. The van der Waals surface area contributed by atoms with Gasteiger partial charge in [-0.2, -0.15) is 0 Å². The van der Waals surface area contributed by atoms with E-state index in [-0.39, 0.29) is 5.97 Å². The second-order valence-corrected chi connectivity index (χ2v) is 8.09. The van der Waals surface area contributed by atoms with Gasteiger partial charge in [-0.15, -0.1) is 0 Å². The molecule has 4 rings (SSSR count). The molecule has 0 N–H and O–H groups in total. The van der Waals surface area contributed by atoms with Crippen LogP contribution in [0, 0.1) is 0 Å². The third kappa shape index (κ3) is 4.23. The predicted octanol–water partition coefficient (Wildman–Crippen LogP) is 4.49. The molecular weight excluding hydrogens is 350 g/mol. The molecule has 28 heavy (non-hydrogen) atoms. The first-order valence-electron chi connectivity index (χ1n) is 10.7. The fourth-order valence-corrected chi connectivity index (χ4v) is 4.81. The summed E-state index contributed by atoms with van der Waals surface area (Å²) in [6, 6.07) is 7.09. The van der Waals surface area contributed by atoms with Crippen molar-refractivity contribution in [3.63, 3.8) is 0 Å². The Morgan fingerprint density at radius 3 is 2.86 bits per heavy atom. The predicted molar refractivity (Wildman–Crippen MR) is 111 cm³/mol. The van der Waals surface area contributed by atoms with Gasteiger partial charge in [0.05, 0.1) is 19.4 Å². The molecule has 1 atom stereocenters. The zero-order valence-corrected chi connectivity index (χ0v) is 16.8. The molecule has 0 saturated heterocycles. The monoisotopic (exact) mass is 381 g/mol. The lowest BCUT2D eigenvalue weighted by Crippen LogP contribution is -2.25. The first-order valence-corrected chi connectivity index (χ1v) is 10.7. The van der Waals surface area contributed by atoms with Gasteiger partial charge in [-0.05, 0) is 49.3 Å². The highest BCUT2D eigenvalue weighted by molar-refractivity contribution is 5.71. The number of carbonyl (C=O) groups is 1. The molecule has 2 heterocycles. The van der Waals surface area contributed by atoms with Crippen LogP contribution in [0.2, 0.25) is 0 Å². The minimum atomic E-state index is -0.103. The van der Waals surface area contributed by atoms with E-state index in [1.807, 2.05) is 25.6 Å². The largest absolute Gasteiger partial charge is 0.466 e. The van der Waals surface area contributed by atoms with Gasteiger partial charge in [-0.3, -0.25) is 4.79 Å². The normalized spacial score (nSPS) is 19.2. The van der Waals surface area contributed by atoms with Crippen LogP contribution in [0.4, 0.5) is 5.69 Å². The Morgan fingerprint density at radius 1 is 1.25 bits per heavy atom. The van der Waals surface area contributed by atoms with Gasteiger partial charge in [0, 0.05) is 43.6 Å². The number of aromatic nitrogens is 2. The molecule has 5 heteroatoms. The summed E-state index contributed by atoms with van der Waals surface area (Å²) in [7, 11) is 0. The summed E-state index contributed by atoms with van der Waals surface area (Å²) >= 11 is 0. The summed E-state index contributed by atoms with van der Waals surface area (Å²) in [5, 5.41) is 0. The maximum absolute atomic E-state index is 11.8. The quantitative estimate of drug-likeness (QED) is 0.632. The molecule has 0 spiro atoms. The summed E-state index contributed by atoms with van der Waals surface area (Å²) in [6.07, 6.45) is 12.7. The van der Waals surface area contributed by atoms with Crippen molar-refractivity contribution < 1.29 is 9.53 Å². The van der Waals surface area contributed by atoms with Crippen LogP contribution >= 0.6 is 0 Å². The van der Waals surface area contributed by atoms with Crippen molar-refractivity contribution in [2.24, 2.45) is 0 Å². The van der Waals surface area contributed by atoms with Crippen LogP contribution < -0.4 is 4.90 Å². The molecule has 1 aliphatic heterocycles. The summed E-state index contributed by atoms with van der Waals surface area (Å²) in [4.78, 5) is 18.4. The van der Waals surface area contributed by atoms with Crippen molar-refractivity contribution in [3.8, 4) is 0 Å². The van der Waals surface area contributed by atoms with Crippen molar-refractivity contribution in [2.75, 3.05) is 24.6 Å². The molecule has 1 fully saturated rings. The number of esters is 1. The fraction of sp³-hybridized carbons (Fsp3) is 0.565. The van der Waals surface area contributed by atoms with Crippen molar-refractivity contribution >= 4 is 11.7 Å². The van der Waals surface area contributed by atoms with Gasteiger partial charge in [0.25, 0.3) is 0 Å². The Kier molecular flexibility index (Phi) is 5.98. The highest BCUT2D eigenvalue weighted by atomic mass is 16.5. The van der Waals surface area contributed by atoms with Crippen LogP contribution in [0.3, 0.4) is 0 Å². The number of hydrogen-bond donors (Lipinski definition) is 0. The van der Waals surface area contributed by atoms with Crippen LogP contribution in [0.5, 0.6) is 0 Å². The Labute approximate surface area is 167 Å². The number of fused-ring (bicyclic) bond motifs is 1. The van der Waals surface area contributed by atoms with Crippen LogP contribution in [0.15, 0.2) is 36.9 Å². The third-order valence-corrected chi connectivity index (χ3v) is 6.29. The second kappa shape index (κ2) is 8.80. The fourth-order valence-electron chi connectivity index (χ4n) is 4.81. The number of carbonyl (C=O) groups excluding carboxylic acids is 1. The molecule has 2 aromatic rings. The van der Waals surface area contributed by atoms with Crippen molar-refractivity contribution in [3.05, 3.63) is 48.0 Å². The summed E-state index contributed by atoms with van der Waals surface area (Å²) in [6.45, 7) is 5.00. The van der Waals surface area contributed by atoms with Gasteiger partial charge >= 0.3 is 5.97 Å². The topological polar surface area (TPSA) is 47.4 Å². The number of hydrogen-bond acceptors (Lipinski definition) is 4. The maximum atomic E-state index is 11.8. The number of aryl methyl sites for hydroxylation is 1. The number of imidazole rings is 1. The van der Waals surface area contributed by atoms with Gasteiger partial charge in [0.1, 0.15) is 0 Å². The van der Waals surface area contributed by atoms with Gasteiger partial charge in [0.15, 0.2) is 0 Å². The van der Waals surface area contributed by atoms with E-state index in [2.05, 4.69) is 32.7 Å². The molecule has 1 unspecified atom stereocenters. The average Bonchev–Trinajstić information content (AvgIpc) is 3.46. The number of ether oxygens (including phenoxy) is 1. The van der Waals surface area contributed by atoms with Crippen LogP contribution in [0.1, 0.15) is 68.4 Å². The second-order valence-electron chi connectivity index (χ2n) is 8.09. The number of nitrogens with zero attached hydrogens (tertiary/aromatic N) is 3. The zero-order valence-electron chi connectivity index (χ0n) is 16.8. The highest BCUT2D eigenvalue weighted by Gasteiger charge is 2.30. The Balaban J connectivity index is 1.50. The molecule has 5 nitrogen and oxygen atoms in total. The maximum Gasteiger partial charge on any atom is 0.307 e. The first kappa shape index (κ1) is 19.0. The number of anilines is 1. The van der Waals surface area contributed by atoms with E-state index in [1.165, 1.54) is 42.5 Å². The Morgan fingerprint density at radius 2 is 2.11 bits per heavy atom. The van der Waals surface area contributed by atoms with E-state index in [4.69, 9.17) is 4.74 Å². The van der Waals surface area contributed by atoms with Crippen LogP contribution in [-0.4, -0.2) is 35.2 Å². The molecule has 0 radical (unpaired) electrons. The van der Waals surface area contributed by atoms with Crippen LogP contribution in [-0.2, 0) is 16.1 Å². The smallest absolute Gasteiger partial charge is 0.307 e. The summed E-state index contributed by atoms with van der Waals surface area (Å²) in [5.74, 6) is 1.13. The van der Waals surface area contributed by atoms with Gasteiger partial charge in [0.2, 0.25) is 0 Å². The van der Waals surface area contributed by atoms with E-state index in [0.29, 0.717) is 18.9 Å². The molecule has 0 bridgehead atoms. The van der Waals surface area contributed by atoms with E-state index >= 15 is 0 Å². The van der Waals surface area contributed by atoms with Crippen molar-refractivity contribution in [1.29, 1.82) is 0 Å². The Bertz CT molecular complexity index is 781. The van der Waals surface area contributed by atoms with Gasteiger partial charge < -0.3 is 14.2 Å². The van der Waals surface area contributed by atoms with E-state index in [0.717, 1.165) is 32.0 Å². The lowest BCUT2D eigenvalue weighted by Gasteiger charge is -2.20. The molecule has 1 aromatic heterocycles. The number of benzene rings is 1. The van der Waals surface area contributed by atoms with E-state index < -0.39 is 0 Å². The lowest BCUT2D eigenvalue weighted by atomic mass is 9.91. The molecular formula is C23H31N3O2. The van der Waals surface area contributed by atoms with Crippen molar-refractivity contribution in [2.45, 2.75) is 63.8 Å². The minimum Gasteiger partial charge on any atom is -0.466 e. The van der Waals surface area contributed by atoms with Crippen molar-refractivity contribution in [1.82, 2.24) is 9.55 Å². The van der Waals surface area contributed by atoms with Gasteiger partial charge in [-0.1, -0.05) is 25.0 Å². The third-order valence-electron chi connectivity index (χ3n) is 6.29.